The summed E-state index contributed by atoms with van der Waals surface area (Å²) in [5, 5.41) is 6.51. The first-order valence-electron chi connectivity index (χ1n) is 12.9. The molecule has 12 heteroatoms. The summed E-state index contributed by atoms with van der Waals surface area (Å²) in [4.78, 5) is 41.2. The molecule has 6 N–H and O–H groups in total. The predicted molar refractivity (Wildman–Crippen MR) is 149 cm³/mol. The van der Waals surface area contributed by atoms with E-state index in [1.165, 1.54) is 7.11 Å². The van der Waals surface area contributed by atoms with E-state index in [4.69, 9.17) is 16.2 Å². The topological polar surface area (TPSA) is 165 Å². The van der Waals surface area contributed by atoms with Gasteiger partial charge in [-0.3, -0.25) is 19.4 Å². The average Bonchev–Trinajstić information content (AvgIpc) is 2.94. The third-order valence-corrected chi connectivity index (χ3v) is 6.45. The molecule has 1 aromatic carbocycles. The van der Waals surface area contributed by atoms with E-state index in [1.807, 2.05) is 52.3 Å². The molecule has 1 aliphatic rings. The van der Waals surface area contributed by atoms with Gasteiger partial charge in [-0.15, -0.1) is 0 Å². The van der Waals surface area contributed by atoms with E-state index in [1.54, 1.807) is 12.4 Å². The Hall–Kier alpha value is -4.13. The number of hydrogen-bond donors (Lipinski definition) is 4. The number of piperazine rings is 1. The Labute approximate surface area is 227 Å². The molecule has 12 nitrogen and oxygen atoms in total. The molecule has 1 aliphatic heterocycles. The van der Waals surface area contributed by atoms with Gasteiger partial charge < -0.3 is 26.8 Å². The minimum atomic E-state index is -0.504. The van der Waals surface area contributed by atoms with Gasteiger partial charge in [0, 0.05) is 56.4 Å². The Bertz CT molecular complexity index is 1260. The van der Waals surface area contributed by atoms with Crippen LogP contribution in [0.15, 0.2) is 54.9 Å². The molecule has 0 spiro atoms. The molecule has 1 unspecified atom stereocenters. The number of pyridine rings is 1. The first-order chi connectivity index (χ1) is 18.9. The number of nitrogens with one attached hydrogen (secondary N) is 2. The molecular formula is C27H35N9O3. The van der Waals surface area contributed by atoms with E-state index in [0.717, 1.165) is 41.3 Å². The molecule has 1 atom stereocenters. The molecule has 3 aromatic rings. The van der Waals surface area contributed by atoms with Crippen molar-refractivity contribution in [2.24, 2.45) is 11.5 Å². The van der Waals surface area contributed by atoms with Crippen LogP contribution in [0.3, 0.4) is 0 Å². The van der Waals surface area contributed by atoms with Crippen LogP contribution < -0.4 is 22.1 Å². The third-order valence-electron chi connectivity index (χ3n) is 6.45. The standard InChI is InChI=1S/C27H35N9O3/c1-39-25(37)18-35-12-13-36(23(17-35)26(29)38)16-19-4-2-5-21(14-19)33-27-31-11-8-22(34-27)20-6-7-24(32-15-20)30-10-3-9-28/h2,4-8,11,14-15,23H,3,9-10,12-13,16-18,28H2,1H3,(H2,29,38)(H,30,32)(H,31,33,34). The second-order valence-corrected chi connectivity index (χ2v) is 9.29. The molecule has 0 aliphatic carbocycles. The number of anilines is 3. The first-order valence-corrected chi connectivity index (χ1v) is 12.9. The smallest absolute Gasteiger partial charge is 0.319 e. The average molecular weight is 534 g/mol. The Balaban J connectivity index is 1.40. The number of rotatable bonds is 12. The van der Waals surface area contributed by atoms with Crippen LogP contribution in [0, 0.1) is 0 Å². The van der Waals surface area contributed by atoms with Crippen molar-refractivity contribution in [2.75, 3.05) is 57.0 Å². The van der Waals surface area contributed by atoms with Gasteiger partial charge in [0.05, 0.1) is 19.3 Å². The molecule has 1 saturated heterocycles. The number of ether oxygens (including phenoxy) is 1. The molecule has 4 rings (SSSR count). The lowest BCUT2D eigenvalue weighted by Gasteiger charge is -2.39. The van der Waals surface area contributed by atoms with E-state index in [-0.39, 0.29) is 12.5 Å². The van der Waals surface area contributed by atoms with Gasteiger partial charge in [-0.1, -0.05) is 12.1 Å². The second-order valence-electron chi connectivity index (χ2n) is 9.29. The quantitative estimate of drug-likeness (QED) is 0.195. The Morgan fingerprint density at radius 2 is 2.03 bits per heavy atom. The number of hydrogen-bond acceptors (Lipinski definition) is 11. The first kappa shape index (κ1) is 27.9. The van der Waals surface area contributed by atoms with Crippen molar-refractivity contribution in [1.82, 2.24) is 24.8 Å². The van der Waals surface area contributed by atoms with Gasteiger partial charge in [-0.25, -0.2) is 15.0 Å². The number of nitrogens with zero attached hydrogens (tertiary/aromatic N) is 5. The molecule has 2 aromatic heterocycles. The van der Waals surface area contributed by atoms with E-state index in [0.29, 0.717) is 38.7 Å². The number of carbonyl (C=O) groups is 2. The Kier molecular flexibility index (Phi) is 9.73. The molecule has 0 bridgehead atoms. The molecule has 0 radical (unpaired) electrons. The lowest BCUT2D eigenvalue weighted by Crippen LogP contribution is -2.58. The highest BCUT2D eigenvalue weighted by atomic mass is 16.5. The van der Waals surface area contributed by atoms with Gasteiger partial charge in [0.1, 0.15) is 11.9 Å². The fourth-order valence-electron chi connectivity index (χ4n) is 4.39. The maximum Gasteiger partial charge on any atom is 0.319 e. The lowest BCUT2D eigenvalue weighted by atomic mass is 10.1. The van der Waals surface area contributed by atoms with Crippen molar-refractivity contribution >= 4 is 29.3 Å². The van der Waals surface area contributed by atoms with Crippen molar-refractivity contribution in [3.05, 3.63) is 60.4 Å². The summed E-state index contributed by atoms with van der Waals surface area (Å²) in [6.07, 6.45) is 4.36. The van der Waals surface area contributed by atoms with Crippen molar-refractivity contribution < 1.29 is 14.3 Å². The highest BCUT2D eigenvalue weighted by molar-refractivity contribution is 5.80. The van der Waals surface area contributed by atoms with Crippen LogP contribution >= 0.6 is 0 Å². The summed E-state index contributed by atoms with van der Waals surface area (Å²) in [6, 6.07) is 13.1. The molecule has 39 heavy (non-hydrogen) atoms. The Morgan fingerprint density at radius 3 is 2.77 bits per heavy atom. The maximum atomic E-state index is 12.2. The predicted octanol–water partition coefficient (Wildman–Crippen LogP) is 1.19. The Morgan fingerprint density at radius 1 is 1.15 bits per heavy atom. The monoisotopic (exact) mass is 533 g/mol. The van der Waals surface area contributed by atoms with Gasteiger partial charge in [0.25, 0.3) is 0 Å². The molecule has 1 fully saturated rings. The van der Waals surface area contributed by atoms with Crippen LogP contribution in [-0.4, -0.2) is 89.0 Å². The van der Waals surface area contributed by atoms with E-state index < -0.39 is 11.9 Å². The number of benzene rings is 1. The summed E-state index contributed by atoms with van der Waals surface area (Å²) in [7, 11) is 1.35. The van der Waals surface area contributed by atoms with Crippen LogP contribution in [-0.2, 0) is 20.9 Å². The van der Waals surface area contributed by atoms with Gasteiger partial charge in [-0.05, 0) is 48.9 Å². The zero-order chi connectivity index (χ0) is 27.6. The number of carbonyl (C=O) groups excluding carboxylic acids is 2. The van der Waals surface area contributed by atoms with Crippen molar-refractivity contribution in [2.45, 2.75) is 19.0 Å². The fourth-order valence-corrected chi connectivity index (χ4v) is 4.39. The molecule has 1 amide bonds. The SMILES string of the molecule is COC(=O)CN1CCN(Cc2cccc(Nc3nccc(-c4ccc(NCCCN)nc4)n3)c2)C(C(N)=O)C1. The lowest BCUT2D eigenvalue weighted by molar-refractivity contribution is -0.143. The normalized spacial score (nSPS) is 16.0. The van der Waals surface area contributed by atoms with Gasteiger partial charge in [-0.2, -0.15) is 0 Å². The number of amides is 1. The van der Waals surface area contributed by atoms with E-state index in [2.05, 4.69) is 25.6 Å². The molecule has 206 valence electrons. The largest absolute Gasteiger partial charge is 0.468 e. The maximum absolute atomic E-state index is 12.2. The van der Waals surface area contributed by atoms with Gasteiger partial charge >= 0.3 is 5.97 Å². The van der Waals surface area contributed by atoms with Crippen molar-refractivity contribution in [3.8, 4) is 11.3 Å². The summed E-state index contributed by atoms with van der Waals surface area (Å²) < 4.78 is 4.75. The van der Waals surface area contributed by atoms with Crippen LogP contribution in [0.2, 0.25) is 0 Å². The van der Waals surface area contributed by atoms with Crippen molar-refractivity contribution in [3.63, 3.8) is 0 Å². The molecule has 0 saturated carbocycles. The zero-order valence-electron chi connectivity index (χ0n) is 22.0. The van der Waals surface area contributed by atoms with E-state index >= 15 is 0 Å². The van der Waals surface area contributed by atoms with Crippen LogP contribution in [0.4, 0.5) is 17.5 Å². The van der Waals surface area contributed by atoms with Gasteiger partial charge in [0.15, 0.2) is 0 Å². The van der Waals surface area contributed by atoms with Crippen LogP contribution in [0.1, 0.15) is 12.0 Å². The molecule has 3 heterocycles. The minimum absolute atomic E-state index is 0.137. The minimum Gasteiger partial charge on any atom is -0.468 e. The number of methoxy groups -OCH3 is 1. The summed E-state index contributed by atoms with van der Waals surface area (Å²) in [6.45, 7) is 3.70. The number of nitrogens with two attached hydrogens (primary N) is 2. The van der Waals surface area contributed by atoms with Crippen LogP contribution in [0.25, 0.3) is 11.3 Å². The van der Waals surface area contributed by atoms with E-state index in [9.17, 15) is 9.59 Å². The van der Waals surface area contributed by atoms with Crippen molar-refractivity contribution in [1.29, 1.82) is 0 Å². The second kappa shape index (κ2) is 13.6. The highest BCUT2D eigenvalue weighted by Crippen LogP contribution is 2.22. The third kappa shape index (κ3) is 7.93. The summed E-state index contributed by atoms with van der Waals surface area (Å²) >= 11 is 0. The number of aromatic nitrogens is 3. The van der Waals surface area contributed by atoms with Gasteiger partial charge in [0.2, 0.25) is 11.9 Å². The number of esters is 1. The zero-order valence-corrected chi connectivity index (χ0v) is 22.0. The summed E-state index contributed by atoms with van der Waals surface area (Å²) in [5.41, 5.74) is 14.7. The summed E-state index contributed by atoms with van der Waals surface area (Å²) in [5.74, 6) is 0.499. The fraction of sp³-hybridized carbons (Fsp3) is 0.370. The number of primary amides is 1. The molecular weight excluding hydrogens is 498 g/mol. The van der Waals surface area contributed by atoms with Crippen LogP contribution in [0.5, 0.6) is 0 Å². The highest BCUT2D eigenvalue weighted by Gasteiger charge is 2.31.